The molecule has 0 unspecified atom stereocenters. The highest BCUT2D eigenvalue weighted by Gasteiger charge is 2.21. The molecule has 0 atom stereocenters. The zero-order valence-corrected chi connectivity index (χ0v) is 10.8. The lowest BCUT2D eigenvalue weighted by Gasteiger charge is -2.20. The van der Waals surface area contributed by atoms with Crippen molar-refractivity contribution in [1.82, 2.24) is 9.88 Å². The van der Waals surface area contributed by atoms with Gasteiger partial charge in [-0.3, -0.25) is 9.59 Å². The average Bonchev–Trinajstić information content (AvgIpc) is 2.42. The minimum absolute atomic E-state index is 0.167. The Labute approximate surface area is 110 Å². The molecule has 1 aromatic heterocycles. The Balaban J connectivity index is 2.93. The minimum Gasteiger partial charge on any atom is -0.480 e. The summed E-state index contributed by atoms with van der Waals surface area (Å²) in [6, 6.07) is 3.13. The molecule has 0 aliphatic heterocycles. The second-order valence-corrected chi connectivity index (χ2v) is 3.67. The molecule has 0 saturated heterocycles. The molecule has 1 rings (SSSR count). The van der Waals surface area contributed by atoms with Gasteiger partial charge < -0.3 is 19.5 Å². The molecular formula is C12H16N2O5. The van der Waals surface area contributed by atoms with Gasteiger partial charge in [0.25, 0.3) is 5.91 Å². The summed E-state index contributed by atoms with van der Waals surface area (Å²) < 4.78 is 9.85. The molecule has 1 aromatic rings. The van der Waals surface area contributed by atoms with E-state index in [4.69, 9.17) is 14.6 Å². The van der Waals surface area contributed by atoms with Gasteiger partial charge in [0.05, 0.1) is 13.7 Å². The molecule has 0 aliphatic rings. The van der Waals surface area contributed by atoms with Gasteiger partial charge in [-0.25, -0.2) is 4.98 Å². The van der Waals surface area contributed by atoms with E-state index in [1.807, 2.05) is 0 Å². The number of nitrogens with zero attached hydrogens (tertiary/aromatic N) is 2. The fraction of sp³-hybridized carbons (Fsp3) is 0.417. The van der Waals surface area contributed by atoms with Crippen molar-refractivity contribution in [3.63, 3.8) is 0 Å². The summed E-state index contributed by atoms with van der Waals surface area (Å²) >= 11 is 0. The number of aliphatic carboxylic acids is 1. The van der Waals surface area contributed by atoms with Crippen LogP contribution in [0.1, 0.15) is 10.4 Å². The van der Waals surface area contributed by atoms with E-state index in [1.54, 1.807) is 6.07 Å². The number of ether oxygens (including phenoxy) is 2. The quantitative estimate of drug-likeness (QED) is 0.763. The van der Waals surface area contributed by atoms with Gasteiger partial charge in [-0.15, -0.1) is 0 Å². The van der Waals surface area contributed by atoms with Crippen LogP contribution in [0.15, 0.2) is 18.3 Å². The standard InChI is InChI=1S/C12H16N2O5/c1-18-7-6-14(8-10(15)16)12(17)9-4-3-5-13-11(9)19-2/h3-5H,6-8H2,1-2H3,(H,15,16). The molecule has 0 bridgehead atoms. The number of hydrogen-bond acceptors (Lipinski definition) is 5. The summed E-state index contributed by atoms with van der Waals surface area (Å²) in [4.78, 5) is 28.1. The number of hydrogen-bond donors (Lipinski definition) is 1. The lowest BCUT2D eigenvalue weighted by molar-refractivity contribution is -0.137. The van der Waals surface area contributed by atoms with Crippen molar-refractivity contribution in [1.29, 1.82) is 0 Å². The molecule has 104 valence electrons. The van der Waals surface area contributed by atoms with Crippen LogP contribution < -0.4 is 4.74 Å². The van der Waals surface area contributed by atoms with E-state index in [0.29, 0.717) is 0 Å². The Morgan fingerprint density at radius 1 is 1.42 bits per heavy atom. The van der Waals surface area contributed by atoms with Crippen molar-refractivity contribution >= 4 is 11.9 Å². The summed E-state index contributed by atoms with van der Waals surface area (Å²) in [6.45, 7) is 0.0293. The SMILES string of the molecule is COCCN(CC(=O)O)C(=O)c1cccnc1OC. The van der Waals surface area contributed by atoms with Gasteiger partial charge >= 0.3 is 5.97 Å². The van der Waals surface area contributed by atoms with E-state index in [0.717, 1.165) is 0 Å². The third-order valence-electron chi connectivity index (χ3n) is 2.37. The molecule has 1 N–H and O–H groups in total. The van der Waals surface area contributed by atoms with Gasteiger partial charge in [0.15, 0.2) is 0 Å². The molecule has 0 aliphatic carbocycles. The maximum Gasteiger partial charge on any atom is 0.323 e. The number of carboxylic acid groups (broad SMARTS) is 1. The van der Waals surface area contributed by atoms with Crippen molar-refractivity contribution in [2.24, 2.45) is 0 Å². The van der Waals surface area contributed by atoms with Crippen LogP contribution in [0.25, 0.3) is 0 Å². The molecule has 0 fully saturated rings. The van der Waals surface area contributed by atoms with E-state index in [2.05, 4.69) is 4.98 Å². The van der Waals surface area contributed by atoms with Crippen molar-refractivity contribution in [2.75, 3.05) is 33.9 Å². The number of carbonyl (C=O) groups excluding carboxylic acids is 1. The minimum atomic E-state index is -1.09. The second kappa shape index (κ2) is 7.32. The molecule has 0 spiro atoms. The molecule has 0 saturated carbocycles. The van der Waals surface area contributed by atoms with E-state index < -0.39 is 18.4 Å². The fourth-order valence-electron chi connectivity index (χ4n) is 1.50. The third-order valence-corrected chi connectivity index (χ3v) is 2.37. The monoisotopic (exact) mass is 268 g/mol. The first-order valence-corrected chi connectivity index (χ1v) is 5.59. The first-order chi connectivity index (χ1) is 9.10. The Morgan fingerprint density at radius 2 is 2.16 bits per heavy atom. The van der Waals surface area contributed by atoms with Crippen molar-refractivity contribution in [2.45, 2.75) is 0 Å². The first-order valence-electron chi connectivity index (χ1n) is 5.59. The van der Waals surface area contributed by atoms with Crippen LogP contribution in [0, 0.1) is 0 Å². The highest BCUT2D eigenvalue weighted by molar-refractivity contribution is 5.97. The molecule has 19 heavy (non-hydrogen) atoms. The number of rotatable bonds is 7. The number of carbonyl (C=O) groups is 2. The summed E-state index contributed by atoms with van der Waals surface area (Å²) in [7, 11) is 2.88. The van der Waals surface area contributed by atoms with E-state index in [9.17, 15) is 9.59 Å². The number of aromatic nitrogens is 1. The third kappa shape index (κ3) is 4.22. The van der Waals surface area contributed by atoms with Gasteiger partial charge in [0.2, 0.25) is 5.88 Å². The van der Waals surface area contributed by atoms with Crippen LogP contribution in [0.2, 0.25) is 0 Å². The van der Waals surface area contributed by atoms with Gasteiger partial charge in [-0.05, 0) is 12.1 Å². The first kappa shape index (κ1) is 14.9. The maximum absolute atomic E-state index is 12.3. The molecular weight excluding hydrogens is 252 g/mol. The Hall–Kier alpha value is -2.15. The predicted octanol–water partition coefficient (Wildman–Crippen LogP) is 0.263. The van der Waals surface area contributed by atoms with Crippen LogP contribution >= 0.6 is 0 Å². The normalized spacial score (nSPS) is 10.0. The highest BCUT2D eigenvalue weighted by Crippen LogP contribution is 2.16. The zero-order valence-electron chi connectivity index (χ0n) is 10.8. The van der Waals surface area contributed by atoms with Gasteiger partial charge in [-0.1, -0.05) is 0 Å². The summed E-state index contributed by atoms with van der Waals surface area (Å²) in [5.74, 6) is -1.38. The highest BCUT2D eigenvalue weighted by atomic mass is 16.5. The largest absolute Gasteiger partial charge is 0.480 e. The van der Waals surface area contributed by atoms with Crippen molar-refractivity contribution in [3.8, 4) is 5.88 Å². The predicted molar refractivity (Wildman–Crippen MR) is 66.2 cm³/mol. The van der Waals surface area contributed by atoms with Gasteiger partial charge in [-0.2, -0.15) is 0 Å². The van der Waals surface area contributed by atoms with E-state index in [1.165, 1.54) is 31.4 Å². The van der Waals surface area contributed by atoms with Crippen molar-refractivity contribution in [3.05, 3.63) is 23.9 Å². The molecule has 7 heteroatoms. The molecule has 1 heterocycles. The van der Waals surface area contributed by atoms with E-state index in [-0.39, 0.29) is 24.6 Å². The average molecular weight is 268 g/mol. The summed E-state index contributed by atoms with van der Waals surface area (Å²) in [6.07, 6.45) is 1.49. The zero-order chi connectivity index (χ0) is 14.3. The molecule has 1 amide bonds. The fourth-order valence-corrected chi connectivity index (χ4v) is 1.50. The second-order valence-electron chi connectivity index (χ2n) is 3.67. The van der Waals surface area contributed by atoms with Gasteiger partial charge in [0, 0.05) is 19.9 Å². The van der Waals surface area contributed by atoms with Crippen LogP contribution in [0.5, 0.6) is 5.88 Å². The smallest absolute Gasteiger partial charge is 0.323 e. The Kier molecular flexibility index (Phi) is 5.74. The summed E-state index contributed by atoms with van der Waals surface area (Å²) in [5.41, 5.74) is 0.224. The number of methoxy groups -OCH3 is 2. The van der Waals surface area contributed by atoms with Crippen LogP contribution in [-0.4, -0.2) is 60.8 Å². The number of pyridine rings is 1. The van der Waals surface area contributed by atoms with E-state index >= 15 is 0 Å². The Morgan fingerprint density at radius 3 is 2.74 bits per heavy atom. The van der Waals surface area contributed by atoms with Gasteiger partial charge in [0.1, 0.15) is 12.1 Å². The summed E-state index contributed by atoms with van der Waals surface area (Å²) in [5, 5.41) is 8.82. The number of amides is 1. The van der Waals surface area contributed by atoms with Crippen LogP contribution in [-0.2, 0) is 9.53 Å². The molecule has 0 radical (unpaired) electrons. The van der Waals surface area contributed by atoms with Crippen molar-refractivity contribution < 1.29 is 24.2 Å². The lowest BCUT2D eigenvalue weighted by Crippen LogP contribution is -2.38. The lowest BCUT2D eigenvalue weighted by atomic mass is 10.2. The maximum atomic E-state index is 12.3. The molecule has 7 nitrogen and oxygen atoms in total. The molecule has 0 aromatic carbocycles. The van der Waals surface area contributed by atoms with Crippen LogP contribution in [0.4, 0.5) is 0 Å². The number of carboxylic acids is 1. The topological polar surface area (TPSA) is 89.0 Å². The van der Waals surface area contributed by atoms with Crippen LogP contribution in [0.3, 0.4) is 0 Å². The Bertz CT molecular complexity index is 450.